The minimum Gasteiger partial charge on any atom is -0.481 e. The van der Waals surface area contributed by atoms with Gasteiger partial charge in [-0.15, -0.1) is 6.42 Å². The fraction of sp³-hybridized carbons (Fsp3) is 0.375. The number of terminal acetylenes is 1. The van der Waals surface area contributed by atoms with E-state index in [-0.39, 0.29) is 24.5 Å². The van der Waals surface area contributed by atoms with E-state index in [1.54, 1.807) is 0 Å². The van der Waals surface area contributed by atoms with Gasteiger partial charge in [-0.05, 0) is 25.0 Å². The third-order valence-corrected chi connectivity index (χ3v) is 3.79. The summed E-state index contributed by atoms with van der Waals surface area (Å²) in [7, 11) is 0. The van der Waals surface area contributed by atoms with Gasteiger partial charge in [0.05, 0.1) is 11.1 Å². The molecule has 1 aromatic rings. The van der Waals surface area contributed by atoms with Crippen molar-refractivity contribution in [2.45, 2.75) is 25.7 Å². The predicted molar refractivity (Wildman–Crippen MR) is 77.9 cm³/mol. The number of carboxylic acid groups (broad SMARTS) is 1. The Morgan fingerprint density at radius 1 is 1.45 bits per heavy atom. The topological polar surface area (TPSA) is 75.6 Å². The summed E-state index contributed by atoms with van der Waals surface area (Å²) >= 11 is 0. The summed E-state index contributed by atoms with van der Waals surface area (Å²) in [5.74, 6) is 0.513. The highest BCUT2D eigenvalue weighted by Crippen LogP contribution is 2.44. The second-order valence-corrected chi connectivity index (χ2v) is 5.30. The summed E-state index contributed by atoms with van der Waals surface area (Å²) in [4.78, 5) is 23.3. The Bertz CT molecular complexity index is 632. The SMILES string of the molecule is C#CCOc1ccc(F)cc1NC(=O)CC1(C(=O)O)CCC1. The molecular weight excluding hydrogens is 289 g/mol. The lowest BCUT2D eigenvalue weighted by molar-refractivity contribution is -0.157. The molecule has 2 rings (SSSR count). The number of anilines is 1. The highest BCUT2D eigenvalue weighted by Gasteiger charge is 2.45. The first kappa shape index (κ1) is 15.8. The van der Waals surface area contributed by atoms with E-state index < -0.39 is 23.1 Å². The summed E-state index contributed by atoms with van der Waals surface area (Å²) in [6.07, 6.45) is 6.68. The zero-order chi connectivity index (χ0) is 16.2. The van der Waals surface area contributed by atoms with Gasteiger partial charge in [0, 0.05) is 12.5 Å². The summed E-state index contributed by atoms with van der Waals surface area (Å²) < 4.78 is 18.5. The van der Waals surface area contributed by atoms with Crippen LogP contribution in [0.2, 0.25) is 0 Å². The van der Waals surface area contributed by atoms with E-state index in [2.05, 4.69) is 11.2 Å². The van der Waals surface area contributed by atoms with Gasteiger partial charge in [-0.25, -0.2) is 4.39 Å². The highest BCUT2D eigenvalue weighted by atomic mass is 19.1. The van der Waals surface area contributed by atoms with Crippen LogP contribution in [-0.2, 0) is 9.59 Å². The molecule has 1 aromatic carbocycles. The van der Waals surface area contributed by atoms with Crippen LogP contribution in [0.4, 0.5) is 10.1 Å². The molecule has 2 N–H and O–H groups in total. The highest BCUT2D eigenvalue weighted by molar-refractivity contribution is 5.95. The van der Waals surface area contributed by atoms with Crippen LogP contribution in [-0.4, -0.2) is 23.6 Å². The molecule has 1 aliphatic rings. The monoisotopic (exact) mass is 305 g/mol. The lowest BCUT2D eigenvalue weighted by atomic mass is 9.66. The number of amides is 1. The number of carbonyl (C=O) groups excluding carboxylic acids is 1. The number of aliphatic carboxylic acids is 1. The van der Waals surface area contributed by atoms with Gasteiger partial charge in [-0.2, -0.15) is 0 Å². The van der Waals surface area contributed by atoms with E-state index in [1.807, 2.05) is 0 Å². The van der Waals surface area contributed by atoms with Crippen LogP contribution in [0, 0.1) is 23.6 Å². The van der Waals surface area contributed by atoms with E-state index in [4.69, 9.17) is 11.2 Å². The van der Waals surface area contributed by atoms with Crippen LogP contribution in [0.5, 0.6) is 5.75 Å². The first-order valence-electron chi connectivity index (χ1n) is 6.86. The van der Waals surface area contributed by atoms with E-state index in [0.29, 0.717) is 12.8 Å². The maximum atomic E-state index is 13.3. The van der Waals surface area contributed by atoms with Crippen LogP contribution >= 0.6 is 0 Å². The number of benzene rings is 1. The molecular formula is C16H16FNO4. The summed E-state index contributed by atoms with van der Waals surface area (Å²) in [6.45, 7) is -0.0203. The van der Waals surface area contributed by atoms with Crippen molar-refractivity contribution in [3.05, 3.63) is 24.0 Å². The number of hydrogen-bond acceptors (Lipinski definition) is 3. The predicted octanol–water partition coefficient (Wildman–Crippen LogP) is 2.42. The molecule has 5 nitrogen and oxygen atoms in total. The fourth-order valence-electron chi connectivity index (χ4n) is 2.42. The number of nitrogens with one attached hydrogen (secondary N) is 1. The maximum Gasteiger partial charge on any atom is 0.310 e. The third kappa shape index (κ3) is 3.37. The minimum absolute atomic E-state index is 0.0203. The zero-order valence-electron chi connectivity index (χ0n) is 11.9. The molecule has 0 saturated heterocycles. The Kier molecular flexibility index (Phi) is 4.66. The Morgan fingerprint density at radius 3 is 2.73 bits per heavy atom. The van der Waals surface area contributed by atoms with Crippen molar-refractivity contribution in [1.82, 2.24) is 0 Å². The molecule has 0 radical (unpaired) electrons. The molecule has 0 aliphatic heterocycles. The van der Waals surface area contributed by atoms with Crippen molar-refractivity contribution in [3.63, 3.8) is 0 Å². The van der Waals surface area contributed by atoms with Crippen molar-refractivity contribution < 1.29 is 23.8 Å². The largest absolute Gasteiger partial charge is 0.481 e. The third-order valence-electron chi connectivity index (χ3n) is 3.79. The van der Waals surface area contributed by atoms with Gasteiger partial charge in [-0.1, -0.05) is 12.3 Å². The normalized spacial score (nSPS) is 15.3. The molecule has 0 spiro atoms. The van der Waals surface area contributed by atoms with Crippen LogP contribution in [0.15, 0.2) is 18.2 Å². The molecule has 116 valence electrons. The number of rotatable bonds is 6. The van der Waals surface area contributed by atoms with E-state index in [9.17, 15) is 19.1 Å². The molecule has 1 amide bonds. The van der Waals surface area contributed by atoms with Gasteiger partial charge in [0.25, 0.3) is 0 Å². The summed E-state index contributed by atoms with van der Waals surface area (Å²) in [6, 6.07) is 3.66. The van der Waals surface area contributed by atoms with Gasteiger partial charge in [0.1, 0.15) is 18.2 Å². The van der Waals surface area contributed by atoms with Crippen LogP contribution in [0.1, 0.15) is 25.7 Å². The Labute approximate surface area is 127 Å². The Hall–Kier alpha value is -2.55. The second kappa shape index (κ2) is 6.48. The van der Waals surface area contributed by atoms with Crippen molar-refractivity contribution in [2.24, 2.45) is 5.41 Å². The first-order valence-corrected chi connectivity index (χ1v) is 6.86. The van der Waals surface area contributed by atoms with E-state index >= 15 is 0 Å². The van der Waals surface area contributed by atoms with Crippen molar-refractivity contribution in [3.8, 4) is 18.1 Å². The van der Waals surface area contributed by atoms with Crippen LogP contribution < -0.4 is 10.1 Å². The van der Waals surface area contributed by atoms with Crippen molar-refractivity contribution in [2.75, 3.05) is 11.9 Å². The zero-order valence-corrected chi connectivity index (χ0v) is 11.9. The van der Waals surface area contributed by atoms with Crippen LogP contribution in [0.25, 0.3) is 0 Å². The van der Waals surface area contributed by atoms with E-state index in [0.717, 1.165) is 12.5 Å². The summed E-state index contributed by atoms with van der Waals surface area (Å²) in [5, 5.41) is 11.7. The lowest BCUT2D eigenvalue weighted by Gasteiger charge is -2.36. The quantitative estimate of drug-likeness (QED) is 0.791. The van der Waals surface area contributed by atoms with Gasteiger partial charge >= 0.3 is 5.97 Å². The van der Waals surface area contributed by atoms with Crippen molar-refractivity contribution >= 4 is 17.6 Å². The van der Waals surface area contributed by atoms with Crippen LogP contribution in [0.3, 0.4) is 0 Å². The Balaban J connectivity index is 2.09. The maximum absolute atomic E-state index is 13.3. The molecule has 0 bridgehead atoms. The molecule has 1 fully saturated rings. The Morgan fingerprint density at radius 2 is 2.18 bits per heavy atom. The van der Waals surface area contributed by atoms with Gasteiger partial charge in [0.2, 0.25) is 5.91 Å². The van der Waals surface area contributed by atoms with Gasteiger partial charge in [-0.3, -0.25) is 9.59 Å². The number of halogens is 1. The molecule has 1 saturated carbocycles. The molecule has 0 unspecified atom stereocenters. The molecule has 0 heterocycles. The second-order valence-electron chi connectivity index (χ2n) is 5.30. The summed E-state index contributed by atoms with van der Waals surface area (Å²) in [5.41, 5.74) is -0.864. The number of hydrogen-bond donors (Lipinski definition) is 2. The average Bonchev–Trinajstić information content (AvgIpc) is 2.41. The minimum atomic E-state index is -1.00. The van der Waals surface area contributed by atoms with Gasteiger partial charge in [0.15, 0.2) is 0 Å². The molecule has 1 aliphatic carbocycles. The molecule has 0 aromatic heterocycles. The molecule has 22 heavy (non-hydrogen) atoms. The lowest BCUT2D eigenvalue weighted by Crippen LogP contribution is -2.41. The first-order chi connectivity index (χ1) is 10.5. The number of carbonyl (C=O) groups is 2. The smallest absolute Gasteiger partial charge is 0.310 e. The standard InChI is InChI=1S/C16H16FNO4/c1-2-8-22-13-5-4-11(17)9-12(13)18-14(19)10-16(15(20)21)6-3-7-16/h1,4-5,9H,3,6-8,10H2,(H,18,19)(H,20,21). The van der Waals surface area contributed by atoms with Crippen molar-refractivity contribution in [1.29, 1.82) is 0 Å². The fourth-order valence-corrected chi connectivity index (χ4v) is 2.42. The average molecular weight is 305 g/mol. The van der Waals surface area contributed by atoms with Gasteiger partial charge < -0.3 is 15.2 Å². The number of carboxylic acids is 1. The molecule has 6 heteroatoms. The van der Waals surface area contributed by atoms with E-state index in [1.165, 1.54) is 12.1 Å². The number of ether oxygens (including phenoxy) is 1. The molecule has 0 atom stereocenters.